The van der Waals surface area contributed by atoms with E-state index in [1.165, 1.54) is 13.0 Å². The molecule has 26 heavy (non-hydrogen) atoms. The summed E-state index contributed by atoms with van der Waals surface area (Å²) >= 11 is 3.29. The maximum atomic E-state index is 12.2. The zero-order chi connectivity index (χ0) is 18.9. The number of carbonyl (C=O) groups is 3. The molecule has 1 N–H and O–H groups in total. The monoisotopic (exact) mass is 415 g/mol. The maximum Gasteiger partial charge on any atom is 0.326 e. The molecule has 5 nitrogen and oxygen atoms in total. The van der Waals surface area contributed by atoms with Gasteiger partial charge >= 0.3 is 5.97 Å². The molecular weight excluding hydrogens is 398 g/mol. The van der Waals surface area contributed by atoms with E-state index in [1.54, 1.807) is 30.3 Å². The Kier molecular flexibility index (Phi) is 7.29. The topological polar surface area (TPSA) is 72.5 Å². The van der Waals surface area contributed by atoms with Crippen LogP contribution in [0.15, 0.2) is 65.1 Å². The number of nitrogens with one attached hydrogen (secondary N) is 1. The van der Waals surface area contributed by atoms with E-state index in [4.69, 9.17) is 4.74 Å². The van der Waals surface area contributed by atoms with Gasteiger partial charge in [-0.3, -0.25) is 14.4 Å². The van der Waals surface area contributed by atoms with Gasteiger partial charge in [0.25, 0.3) is 0 Å². The third kappa shape index (κ3) is 6.29. The average molecular weight is 416 g/mol. The van der Waals surface area contributed by atoms with Gasteiger partial charge in [-0.2, -0.15) is 0 Å². The first-order chi connectivity index (χ1) is 12.5. The highest BCUT2D eigenvalue weighted by Gasteiger charge is 2.19. The number of Topliss-reactive ketones (excluding diaryl/α,β-unsaturated/α-hetero) is 1. The second-order valence-corrected chi connectivity index (χ2v) is 6.38. The van der Waals surface area contributed by atoms with Crippen molar-refractivity contribution >= 4 is 39.7 Å². The summed E-state index contributed by atoms with van der Waals surface area (Å²) in [4.78, 5) is 35.7. The first-order valence-electron chi connectivity index (χ1n) is 7.96. The van der Waals surface area contributed by atoms with E-state index < -0.39 is 18.0 Å². The molecule has 0 aliphatic heterocycles. The number of halogens is 1. The number of benzene rings is 2. The largest absolute Gasteiger partial charge is 0.453 e. The van der Waals surface area contributed by atoms with Gasteiger partial charge in [-0.25, -0.2) is 0 Å². The van der Waals surface area contributed by atoms with Crippen LogP contribution in [0.3, 0.4) is 0 Å². The molecule has 134 valence electrons. The van der Waals surface area contributed by atoms with Gasteiger partial charge in [-0.1, -0.05) is 58.4 Å². The Hall–Kier alpha value is -2.73. The molecule has 0 aliphatic rings. The molecule has 0 aromatic heterocycles. The quantitative estimate of drug-likeness (QED) is 0.427. The summed E-state index contributed by atoms with van der Waals surface area (Å²) in [5, 5.41) is 2.43. The lowest BCUT2D eigenvalue weighted by atomic mass is 10.1. The van der Waals surface area contributed by atoms with Crippen LogP contribution in [0, 0.1) is 0 Å². The smallest absolute Gasteiger partial charge is 0.326 e. The number of ether oxygens (including phenoxy) is 1. The van der Waals surface area contributed by atoms with Gasteiger partial charge in [0.2, 0.25) is 11.7 Å². The molecule has 1 atom stereocenters. The number of rotatable bonds is 7. The zero-order valence-electron chi connectivity index (χ0n) is 14.1. The standard InChI is InChI=1S/C20H18BrNO4/c1-14(20(25)16-8-10-17(21)11-9-16)26-19(24)13-22-18(23)12-7-15-5-3-2-4-6-15/h2-12,14H,13H2,1H3,(H,22,23)/b12-7+/t14-/m1/s1. The summed E-state index contributed by atoms with van der Waals surface area (Å²) in [6.45, 7) is 1.19. The summed E-state index contributed by atoms with van der Waals surface area (Å²) in [7, 11) is 0. The summed E-state index contributed by atoms with van der Waals surface area (Å²) in [5.41, 5.74) is 1.32. The Morgan fingerprint density at radius 2 is 1.73 bits per heavy atom. The van der Waals surface area contributed by atoms with E-state index in [0.29, 0.717) is 5.56 Å². The molecule has 2 aromatic rings. The van der Waals surface area contributed by atoms with E-state index in [9.17, 15) is 14.4 Å². The van der Waals surface area contributed by atoms with E-state index in [0.717, 1.165) is 10.0 Å². The van der Waals surface area contributed by atoms with Gasteiger partial charge in [0, 0.05) is 16.1 Å². The molecule has 0 spiro atoms. The lowest BCUT2D eigenvalue weighted by molar-refractivity contribution is -0.146. The fourth-order valence-electron chi connectivity index (χ4n) is 2.10. The highest BCUT2D eigenvalue weighted by Crippen LogP contribution is 2.13. The normalized spacial score (nSPS) is 11.8. The van der Waals surface area contributed by atoms with E-state index in [2.05, 4.69) is 21.2 Å². The van der Waals surface area contributed by atoms with Crippen LogP contribution in [0.1, 0.15) is 22.8 Å². The number of ketones is 1. The minimum atomic E-state index is -0.930. The fraction of sp³-hybridized carbons (Fsp3) is 0.150. The minimum absolute atomic E-state index is 0.304. The first kappa shape index (κ1) is 19.6. The predicted octanol–water partition coefficient (Wildman–Crippen LogP) is 3.39. The molecule has 0 bridgehead atoms. The number of hydrogen-bond acceptors (Lipinski definition) is 4. The van der Waals surface area contributed by atoms with Crippen LogP contribution in [0.5, 0.6) is 0 Å². The van der Waals surface area contributed by atoms with Gasteiger partial charge in [0.15, 0.2) is 6.10 Å². The summed E-state index contributed by atoms with van der Waals surface area (Å²) in [5.74, 6) is -1.40. The Morgan fingerprint density at radius 1 is 1.08 bits per heavy atom. The molecular formula is C20H18BrNO4. The van der Waals surface area contributed by atoms with Crippen molar-refractivity contribution in [3.63, 3.8) is 0 Å². The van der Waals surface area contributed by atoms with Crippen LogP contribution >= 0.6 is 15.9 Å². The summed E-state index contributed by atoms with van der Waals surface area (Å²) in [6.07, 6.45) is 2.04. The van der Waals surface area contributed by atoms with Gasteiger partial charge in [-0.15, -0.1) is 0 Å². The predicted molar refractivity (Wildman–Crippen MR) is 103 cm³/mol. The van der Waals surface area contributed by atoms with E-state index >= 15 is 0 Å². The SMILES string of the molecule is C[C@@H](OC(=O)CNC(=O)/C=C/c1ccccc1)C(=O)c1ccc(Br)cc1. The van der Waals surface area contributed by atoms with Gasteiger partial charge in [0.1, 0.15) is 6.54 Å². The fourth-order valence-corrected chi connectivity index (χ4v) is 2.36. The Bertz CT molecular complexity index is 800. The van der Waals surface area contributed by atoms with E-state index in [-0.39, 0.29) is 12.3 Å². The zero-order valence-corrected chi connectivity index (χ0v) is 15.7. The molecule has 0 fully saturated rings. The van der Waals surface area contributed by atoms with Crippen molar-refractivity contribution in [3.05, 3.63) is 76.3 Å². The molecule has 0 heterocycles. The molecule has 0 unspecified atom stereocenters. The number of esters is 1. The molecule has 2 rings (SSSR count). The maximum absolute atomic E-state index is 12.2. The van der Waals surface area contributed by atoms with Crippen molar-refractivity contribution in [1.29, 1.82) is 0 Å². The number of carbonyl (C=O) groups excluding carboxylic acids is 3. The molecule has 1 amide bonds. The van der Waals surface area contributed by atoms with Crippen LogP contribution in [0.2, 0.25) is 0 Å². The number of hydrogen-bond donors (Lipinski definition) is 1. The highest BCUT2D eigenvalue weighted by atomic mass is 79.9. The molecule has 0 radical (unpaired) electrons. The summed E-state index contributed by atoms with van der Waals surface area (Å²) < 4.78 is 5.92. The Morgan fingerprint density at radius 3 is 2.38 bits per heavy atom. The number of amides is 1. The third-order valence-electron chi connectivity index (χ3n) is 3.44. The minimum Gasteiger partial charge on any atom is -0.453 e. The van der Waals surface area contributed by atoms with Crippen LogP contribution in [-0.2, 0) is 14.3 Å². The van der Waals surface area contributed by atoms with Crippen LogP contribution in [0.4, 0.5) is 0 Å². The molecule has 0 saturated heterocycles. The molecule has 0 saturated carbocycles. The average Bonchev–Trinajstić information content (AvgIpc) is 2.65. The van der Waals surface area contributed by atoms with Crippen LogP contribution in [0.25, 0.3) is 6.08 Å². The van der Waals surface area contributed by atoms with Crippen molar-refractivity contribution in [2.24, 2.45) is 0 Å². The third-order valence-corrected chi connectivity index (χ3v) is 3.97. The van der Waals surface area contributed by atoms with Gasteiger partial charge < -0.3 is 10.1 Å². The van der Waals surface area contributed by atoms with E-state index in [1.807, 2.05) is 30.3 Å². The first-order valence-corrected chi connectivity index (χ1v) is 8.75. The Labute approximate surface area is 160 Å². The molecule has 0 aliphatic carbocycles. The van der Waals surface area contributed by atoms with Crippen LogP contribution in [-0.4, -0.2) is 30.3 Å². The molecule has 2 aromatic carbocycles. The second-order valence-electron chi connectivity index (χ2n) is 5.47. The van der Waals surface area contributed by atoms with Crippen molar-refractivity contribution in [2.75, 3.05) is 6.54 Å². The van der Waals surface area contributed by atoms with Gasteiger partial charge in [-0.05, 0) is 30.7 Å². The van der Waals surface area contributed by atoms with Crippen LogP contribution < -0.4 is 5.32 Å². The van der Waals surface area contributed by atoms with Crippen molar-refractivity contribution in [2.45, 2.75) is 13.0 Å². The summed E-state index contributed by atoms with van der Waals surface area (Å²) in [6, 6.07) is 16.1. The van der Waals surface area contributed by atoms with Gasteiger partial charge in [0.05, 0.1) is 0 Å². The van der Waals surface area contributed by atoms with Crippen molar-refractivity contribution < 1.29 is 19.1 Å². The lowest BCUT2D eigenvalue weighted by Gasteiger charge is -2.12. The van der Waals surface area contributed by atoms with Crippen molar-refractivity contribution in [1.82, 2.24) is 5.32 Å². The second kappa shape index (κ2) is 9.68. The highest BCUT2D eigenvalue weighted by molar-refractivity contribution is 9.10. The van der Waals surface area contributed by atoms with Crippen molar-refractivity contribution in [3.8, 4) is 0 Å². The molecule has 6 heteroatoms. The lowest BCUT2D eigenvalue weighted by Crippen LogP contribution is -2.33. The Balaban J connectivity index is 1.78.